The van der Waals surface area contributed by atoms with E-state index in [-0.39, 0.29) is 11.8 Å². The van der Waals surface area contributed by atoms with E-state index in [2.05, 4.69) is 29.0 Å². The van der Waals surface area contributed by atoms with Crippen LogP contribution in [0.5, 0.6) is 0 Å². The zero-order valence-corrected chi connectivity index (χ0v) is 12.9. The molecule has 0 radical (unpaired) electrons. The Bertz CT molecular complexity index is 414. The number of hydrogen-bond acceptors (Lipinski definition) is 4. The van der Waals surface area contributed by atoms with E-state index in [4.69, 9.17) is 5.73 Å². The first-order valence-electron chi connectivity index (χ1n) is 7.30. The Morgan fingerprint density at radius 1 is 1.35 bits per heavy atom. The first-order valence-corrected chi connectivity index (χ1v) is 7.30. The van der Waals surface area contributed by atoms with E-state index in [0.29, 0.717) is 5.69 Å². The zero-order chi connectivity index (χ0) is 15.1. The number of aromatic nitrogens is 1. The number of amides is 1. The van der Waals surface area contributed by atoms with Gasteiger partial charge in [-0.3, -0.25) is 4.79 Å². The van der Waals surface area contributed by atoms with Gasteiger partial charge in [0.2, 0.25) is 5.91 Å². The third-order valence-corrected chi connectivity index (χ3v) is 3.66. The monoisotopic (exact) mass is 278 g/mol. The van der Waals surface area contributed by atoms with Crippen LogP contribution in [0.15, 0.2) is 18.3 Å². The summed E-state index contributed by atoms with van der Waals surface area (Å²) >= 11 is 0. The van der Waals surface area contributed by atoms with Gasteiger partial charge in [-0.25, -0.2) is 4.98 Å². The zero-order valence-electron chi connectivity index (χ0n) is 12.9. The van der Waals surface area contributed by atoms with E-state index in [1.807, 2.05) is 26.0 Å². The van der Waals surface area contributed by atoms with Gasteiger partial charge in [-0.1, -0.05) is 20.3 Å². The molecule has 1 rings (SSSR count). The van der Waals surface area contributed by atoms with E-state index in [1.54, 1.807) is 6.20 Å². The molecule has 1 heterocycles. The first kappa shape index (κ1) is 16.4. The summed E-state index contributed by atoms with van der Waals surface area (Å²) in [5.74, 6) is 0.925. The molecule has 0 aliphatic carbocycles. The Kier molecular flexibility index (Phi) is 6.45. The highest BCUT2D eigenvalue weighted by Crippen LogP contribution is 2.15. The van der Waals surface area contributed by atoms with E-state index >= 15 is 0 Å². The summed E-state index contributed by atoms with van der Waals surface area (Å²) in [4.78, 5) is 18.5. The van der Waals surface area contributed by atoms with Crippen molar-refractivity contribution >= 4 is 17.4 Å². The molecule has 0 aromatic carbocycles. The number of nitrogens with two attached hydrogens (primary N) is 1. The SMILES string of the molecule is CCC(C)[C@H](N)C(=O)Nc1ccc(N(CC)CC)nc1. The average molecular weight is 278 g/mol. The van der Waals surface area contributed by atoms with Crippen molar-refractivity contribution in [3.63, 3.8) is 0 Å². The lowest BCUT2D eigenvalue weighted by atomic mass is 9.99. The Labute approximate surface area is 121 Å². The lowest BCUT2D eigenvalue weighted by Gasteiger charge is -2.20. The third-order valence-electron chi connectivity index (χ3n) is 3.66. The van der Waals surface area contributed by atoms with Crippen molar-refractivity contribution in [3.05, 3.63) is 18.3 Å². The molecule has 0 bridgehead atoms. The number of rotatable bonds is 7. The summed E-state index contributed by atoms with van der Waals surface area (Å²) < 4.78 is 0. The number of hydrogen-bond donors (Lipinski definition) is 2. The smallest absolute Gasteiger partial charge is 0.241 e. The molecule has 1 aromatic heterocycles. The maximum Gasteiger partial charge on any atom is 0.241 e. The topological polar surface area (TPSA) is 71.2 Å². The van der Waals surface area contributed by atoms with Crippen LogP contribution in [0.25, 0.3) is 0 Å². The molecule has 0 saturated carbocycles. The molecule has 0 aliphatic heterocycles. The second-order valence-corrected chi connectivity index (χ2v) is 4.98. The first-order chi connectivity index (χ1) is 9.53. The van der Waals surface area contributed by atoms with Gasteiger partial charge in [-0.05, 0) is 31.9 Å². The summed E-state index contributed by atoms with van der Waals surface area (Å²) in [6.45, 7) is 10.0. The Hall–Kier alpha value is -1.62. The van der Waals surface area contributed by atoms with Gasteiger partial charge in [0.15, 0.2) is 0 Å². The van der Waals surface area contributed by atoms with Crippen molar-refractivity contribution in [3.8, 4) is 0 Å². The summed E-state index contributed by atoms with van der Waals surface area (Å²) in [6, 6.07) is 3.29. The molecule has 0 saturated heterocycles. The van der Waals surface area contributed by atoms with Crippen LogP contribution < -0.4 is 16.0 Å². The van der Waals surface area contributed by atoms with Gasteiger partial charge >= 0.3 is 0 Å². The Balaban J connectivity index is 2.68. The molecule has 5 heteroatoms. The van der Waals surface area contributed by atoms with E-state index in [1.165, 1.54) is 0 Å². The Morgan fingerprint density at radius 3 is 2.45 bits per heavy atom. The van der Waals surface area contributed by atoms with Gasteiger partial charge in [-0.2, -0.15) is 0 Å². The second kappa shape index (κ2) is 7.85. The molecule has 5 nitrogen and oxygen atoms in total. The number of nitrogens with zero attached hydrogens (tertiary/aromatic N) is 2. The third kappa shape index (κ3) is 4.20. The van der Waals surface area contributed by atoms with E-state index in [9.17, 15) is 4.79 Å². The van der Waals surface area contributed by atoms with Crippen LogP contribution in [0, 0.1) is 5.92 Å². The lowest BCUT2D eigenvalue weighted by molar-refractivity contribution is -0.118. The van der Waals surface area contributed by atoms with E-state index < -0.39 is 6.04 Å². The molecule has 1 unspecified atom stereocenters. The number of carbonyl (C=O) groups is 1. The predicted molar refractivity (Wildman–Crippen MR) is 83.9 cm³/mol. The van der Waals surface area contributed by atoms with Gasteiger partial charge in [0.1, 0.15) is 5.82 Å². The Morgan fingerprint density at radius 2 is 2.00 bits per heavy atom. The molecule has 20 heavy (non-hydrogen) atoms. The van der Waals surface area contributed by atoms with Gasteiger partial charge in [0, 0.05) is 13.1 Å². The van der Waals surface area contributed by atoms with Crippen LogP contribution in [-0.2, 0) is 4.79 Å². The van der Waals surface area contributed by atoms with Crippen molar-refractivity contribution in [1.29, 1.82) is 0 Å². The fourth-order valence-corrected chi connectivity index (χ4v) is 1.93. The minimum Gasteiger partial charge on any atom is -0.357 e. The molecular weight excluding hydrogens is 252 g/mol. The summed E-state index contributed by atoms with van der Waals surface area (Å²) in [5.41, 5.74) is 6.58. The van der Waals surface area contributed by atoms with Crippen molar-refractivity contribution in [2.75, 3.05) is 23.3 Å². The largest absolute Gasteiger partial charge is 0.357 e. The van der Waals surface area contributed by atoms with Crippen molar-refractivity contribution in [2.45, 2.75) is 40.2 Å². The highest BCUT2D eigenvalue weighted by atomic mass is 16.2. The standard InChI is InChI=1S/C15H26N4O/c1-5-11(4)14(16)15(20)18-12-8-9-13(17-10-12)19(6-2)7-3/h8-11,14H,5-7,16H2,1-4H3,(H,18,20)/t11?,14-/m0/s1. The quantitative estimate of drug-likeness (QED) is 0.802. The van der Waals surface area contributed by atoms with E-state index in [0.717, 1.165) is 25.3 Å². The molecule has 1 aromatic rings. The van der Waals surface area contributed by atoms with Crippen LogP contribution in [0.4, 0.5) is 11.5 Å². The molecule has 2 atom stereocenters. The minimum absolute atomic E-state index is 0.156. The second-order valence-electron chi connectivity index (χ2n) is 4.98. The van der Waals surface area contributed by atoms with Gasteiger partial charge in [0.25, 0.3) is 0 Å². The molecule has 0 spiro atoms. The number of carbonyl (C=O) groups excluding carboxylic acids is 1. The fraction of sp³-hybridized carbons (Fsp3) is 0.600. The van der Waals surface area contributed by atoms with Crippen LogP contribution in [0.1, 0.15) is 34.1 Å². The van der Waals surface area contributed by atoms with Crippen LogP contribution in [-0.4, -0.2) is 30.0 Å². The normalized spacial score (nSPS) is 13.7. The van der Waals surface area contributed by atoms with Gasteiger partial charge in [-0.15, -0.1) is 0 Å². The molecular formula is C15H26N4O. The molecule has 3 N–H and O–H groups in total. The molecule has 0 fully saturated rings. The fourth-order valence-electron chi connectivity index (χ4n) is 1.93. The molecule has 0 aliphatic rings. The highest BCUT2D eigenvalue weighted by Gasteiger charge is 2.19. The highest BCUT2D eigenvalue weighted by molar-refractivity contribution is 5.94. The van der Waals surface area contributed by atoms with Crippen molar-refractivity contribution in [1.82, 2.24) is 4.98 Å². The number of pyridine rings is 1. The lowest BCUT2D eigenvalue weighted by Crippen LogP contribution is -2.40. The number of anilines is 2. The molecule has 1 amide bonds. The predicted octanol–water partition coefficient (Wildman–Crippen LogP) is 2.24. The van der Waals surface area contributed by atoms with Crippen molar-refractivity contribution < 1.29 is 4.79 Å². The van der Waals surface area contributed by atoms with Crippen molar-refractivity contribution in [2.24, 2.45) is 11.7 Å². The minimum atomic E-state index is -0.484. The summed E-state index contributed by atoms with van der Waals surface area (Å²) in [7, 11) is 0. The van der Waals surface area contributed by atoms with Crippen LogP contribution >= 0.6 is 0 Å². The average Bonchev–Trinajstić information content (AvgIpc) is 2.48. The summed E-state index contributed by atoms with van der Waals surface area (Å²) in [5, 5.41) is 2.81. The van der Waals surface area contributed by atoms with Crippen LogP contribution in [0.3, 0.4) is 0 Å². The molecule has 112 valence electrons. The summed E-state index contributed by atoms with van der Waals surface area (Å²) in [6.07, 6.45) is 2.56. The van der Waals surface area contributed by atoms with Gasteiger partial charge < -0.3 is 16.0 Å². The maximum atomic E-state index is 12.0. The van der Waals surface area contributed by atoms with Gasteiger partial charge in [0.05, 0.1) is 17.9 Å². The number of nitrogens with one attached hydrogen (secondary N) is 1. The maximum absolute atomic E-state index is 12.0. The van der Waals surface area contributed by atoms with Crippen LogP contribution in [0.2, 0.25) is 0 Å².